The lowest BCUT2D eigenvalue weighted by Gasteiger charge is -2.22. The average Bonchev–Trinajstić information content (AvgIpc) is 3.26. The van der Waals surface area contributed by atoms with Crippen molar-refractivity contribution in [2.24, 2.45) is 4.99 Å². The number of hydrogen-bond donors (Lipinski definition) is 0. The molecule has 0 atom stereocenters. The summed E-state index contributed by atoms with van der Waals surface area (Å²) in [6.07, 6.45) is 4.13. The Hall–Kier alpha value is -3.02. The number of rotatable bonds is 7. The molecule has 2 aromatic rings. The zero-order chi connectivity index (χ0) is 19.9. The van der Waals surface area contributed by atoms with Gasteiger partial charge in [0.15, 0.2) is 0 Å². The van der Waals surface area contributed by atoms with Crippen LogP contribution in [0.25, 0.3) is 0 Å². The Labute approximate surface area is 165 Å². The summed E-state index contributed by atoms with van der Waals surface area (Å²) in [4.78, 5) is 18.6. The molecule has 0 saturated carbocycles. The topological polar surface area (TPSA) is 60.4 Å². The Morgan fingerprint density at radius 3 is 2.36 bits per heavy atom. The van der Waals surface area contributed by atoms with Crippen LogP contribution in [0.3, 0.4) is 0 Å². The molecule has 1 saturated heterocycles. The number of carbonyl (C=O) groups excluding carboxylic acids is 1. The molecule has 1 aliphatic rings. The molecule has 2 aromatic carbocycles. The van der Waals surface area contributed by atoms with E-state index in [2.05, 4.69) is 9.89 Å². The van der Waals surface area contributed by atoms with Crippen molar-refractivity contribution in [2.75, 3.05) is 38.8 Å². The number of anilines is 1. The fourth-order valence-electron chi connectivity index (χ4n) is 3.25. The minimum Gasteiger partial charge on any atom is -0.496 e. The lowest BCUT2D eigenvalue weighted by molar-refractivity contribution is 0.0526. The highest BCUT2D eigenvalue weighted by atomic mass is 16.5. The highest BCUT2D eigenvalue weighted by Crippen LogP contribution is 2.36. The first-order valence-electron chi connectivity index (χ1n) is 9.48. The predicted octanol–water partition coefficient (Wildman–Crippen LogP) is 4.23. The maximum absolute atomic E-state index is 11.7. The minimum atomic E-state index is -0.332. The third kappa shape index (κ3) is 4.44. The lowest BCUT2D eigenvalue weighted by Crippen LogP contribution is -2.18. The number of benzene rings is 2. The van der Waals surface area contributed by atoms with E-state index >= 15 is 0 Å². The van der Waals surface area contributed by atoms with Crippen molar-refractivity contribution >= 4 is 23.6 Å². The van der Waals surface area contributed by atoms with Gasteiger partial charge in [0.05, 0.1) is 37.8 Å². The molecule has 1 aliphatic heterocycles. The predicted molar refractivity (Wildman–Crippen MR) is 111 cm³/mol. The molecule has 0 bridgehead atoms. The minimum absolute atomic E-state index is 0.332. The Kier molecular flexibility index (Phi) is 6.53. The van der Waals surface area contributed by atoms with E-state index in [1.807, 2.05) is 12.1 Å². The Morgan fingerprint density at radius 1 is 1.07 bits per heavy atom. The van der Waals surface area contributed by atoms with Gasteiger partial charge in [0.2, 0.25) is 0 Å². The summed E-state index contributed by atoms with van der Waals surface area (Å²) in [6, 6.07) is 10.9. The quantitative estimate of drug-likeness (QED) is 0.530. The van der Waals surface area contributed by atoms with Crippen molar-refractivity contribution in [1.29, 1.82) is 0 Å². The Morgan fingerprint density at radius 2 is 1.75 bits per heavy atom. The van der Waals surface area contributed by atoms with Crippen molar-refractivity contribution in [1.82, 2.24) is 0 Å². The molecule has 0 aromatic heterocycles. The molecular formula is C22H26N2O4. The van der Waals surface area contributed by atoms with Gasteiger partial charge in [0.25, 0.3) is 0 Å². The van der Waals surface area contributed by atoms with Gasteiger partial charge in [0, 0.05) is 30.9 Å². The number of carbonyl (C=O) groups is 1. The highest BCUT2D eigenvalue weighted by molar-refractivity contribution is 5.90. The number of nitrogens with zero attached hydrogens (tertiary/aromatic N) is 2. The first-order chi connectivity index (χ1) is 13.7. The zero-order valence-electron chi connectivity index (χ0n) is 16.6. The summed E-state index contributed by atoms with van der Waals surface area (Å²) in [5.74, 6) is 1.22. The van der Waals surface area contributed by atoms with Crippen LogP contribution in [0.15, 0.2) is 41.4 Å². The van der Waals surface area contributed by atoms with Crippen molar-refractivity contribution in [3.05, 3.63) is 47.5 Å². The summed E-state index contributed by atoms with van der Waals surface area (Å²) >= 11 is 0. The smallest absolute Gasteiger partial charge is 0.338 e. The maximum Gasteiger partial charge on any atom is 0.338 e. The van der Waals surface area contributed by atoms with Crippen molar-refractivity contribution < 1.29 is 19.0 Å². The molecule has 28 heavy (non-hydrogen) atoms. The fourth-order valence-corrected chi connectivity index (χ4v) is 3.25. The van der Waals surface area contributed by atoms with Gasteiger partial charge in [-0.3, -0.25) is 4.99 Å². The molecular weight excluding hydrogens is 356 g/mol. The van der Waals surface area contributed by atoms with E-state index in [9.17, 15) is 4.79 Å². The highest BCUT2D eigenvalue weighted by Gasteiger charge is 2.19. The molecule has 1 fully saturated rings. The second-order valence-corrected chi connectivity index (χ2v) is 6.49. The Balaban J connectivity index is 1.83. The molecule has 0 spiro atoms. The molecule has 6 heteroatoms. The second-order valence-electron chi connectivity index (χ2n) is 6.49. The summed E-state index contributed by atoms with van der Waals surface area (Å²) in [6.45, 7) is 4.19. The summed E-state index contributed by atoms with van der Waals surface area (Å²) < 4.78 is 16.2. The Bertz CT molecular complexity index is 840. The van der Waals surface area contributed by atoms with Crippen molar-refractivity contribution in [3.8, 4) is 11.5 Å². The van der Waals surface area contributed by atoms with Crippen molar-refractivity contribution in [3.63, 3.8) is 0 Å². The van der Waals surface area contributed by atoms with Crippen LogP contribution in [0.1, 0.15) is 35.7 Å². The van der Waals surface area contributed by atoms with E-state index in [0.29, 0.717) is 12.2 Å². The molecule has 148 valence electrons. The van der Waals surface area contributed by atoms with Crippen LogP contribution in [0, 0.1) is 0 Å². The van der Waals surface area contributed by atoms with Crippen LogP contribution >= 0.6 is 0 Å². The molecule has 3 rings (SSSR count). The van der Waals surface area contributed by atoms with Gasteiger partial charge in [-0.05, 0) is 50.1 Å². The average molecular weight is 382 g/mol. The molecule has 0 unspecified atom stereocenters. The molecule has 1 heterocycles. The van der Waals surface area contributed by atoms with E-state index < -0.39 is 0 Å². The molecule has 0 aliphatic carbocycles. The van der Waals surface area contributed by atoms with Crippen LogP contribution in [-0.2, 0) is 4.74 Å². The molecule has 0 radical (unpaired) electrons. The van der Waals surface area contributed by atoms with Crippen LogP contribution < -0.4 is 14.4 Å². The SMILES string of the molecule is CCOC(=O)c1ccc(N=Cc2cc(OC)c(N3CCCC3)cc2OC)cc1. The second kappa shape index (κ2) is 9.26. The monoisotopic (exact) mass is 382 g/mol. The summed E-state index contributed by atoms with van der Waals surface area (Å²) in [7, 11) is 3.33. The van der Waals surface area contributed by atoms with E-state index in [4.69, 9.17) is 14.2 Å². The standard InChI is InChI=1S/C22H26N2O4/c1-4-28-22(25)16-7-9-18(10-8-16)23-15-17-13-21(27-3)19(14-20(17)26-2)24-11-5-6-12-24/h7-10,13-15H,4-6,11-12H2,1-3H3. The molecule has 6 nitrogen and oxygen atoms in total. The number of aliphatic imine (C=N–C) groups is 1. The number of esters is 1. The van der Waals surface area contributed by atoms with Gasteiger partial charge in [-0.15, -0.1) is 0 Å². The van der Waals surface area contributed by atoms with E-state index in [1.165, 1.54) is 12.8 Å². The van der Waals surface area contributed by atoms with Gasteiger partial charge < -0.3 is 19.1 Å². The lowest BCUT2D eigenvalue weighted by atomic mass is 10.1. The summed E-state index contributed by atoms with van der Waals surface area (Å²) in [5, 5.41) is 0. The number of ether oxygens (including phenoxy) is 3. The third-order valence-electron chi connectivity index (χ3n) is 4.71. The molecule has 0 amide bonds. The number of methoxy groups -OCH3 is 2. The van der Waals surface area contributed by atoms with Gasteiger partial charge in [0.1, 0.15) is 11.5 Å². The van der Waals surface area contributed by atoms with Crippen LogP contribution in [0.4, 0.5) is 11.4 Å². The summed E-state index contributed by atoms with van der Waals surface area (Å²) in [5.41, 5.74) is 3.12. The molecule has 0 N–H and O–H groups in total. The van der Waals surface area contributed by atoms with Crippen LogP contribution in [-0.4, -0.2) is 46.1 Å². The van der Waals surface area contributed by atoms with Crippen LogP contribution in [0.2, 0.25) is 0 Å². The van der Waals surface area contributed by atoms with Gasteiger partial charge in [-0.1, -0.05) is 0 Å². The van der Waals surface area contributed by atoms with E-state index in [1.54, 1.807) is 51.6 Å². The maximum atomic E-state index is 11.7. The van der Waals surface area contributed by atoms with E-state index in [-0.39, 0.29) is 5.97 Å². The normalized spacial score (nSPS) is 13.8. The fraction of sp³-hybridized carbons (Fsp3) is 0.364. The van der Waals surface area contributed by atoms with Crippen molar-refractivity contribution in [2.45, 2.75) is 19.8 Å². The number of hydrogen-bond acceptors (Lipinski definition) is 6. The first-order valence-corrected chi connectivity index (χ1v) is 9.48. The first kappa shape index (κ1) is 19.7. The van der Waals surface area contributed by atoms with Crippen LogP contribution in [0.5, 0.6) is 11.5 Å². The van der Waals surface area contributed by atoms with Gasteiger partial charge in [-0.25, -0.2) is 4.79 Å². The van der Waals surface area contributed by atoms with Gasteiger partial charge >= 0.3 is 5.97 Å². The van der Waals surface area contributed by atoms with Gasteiger partial charge in [-0.2, -0.15) is 0 Å². The van der Waals surface area contributed by atoms with E-state index in [0.717, 1.165) is 41.5 Å². The largest absolute Gasteiger partial charge is 0.496 e. The third-order valence-corrected chi connectivity index (χ3v) is 4.71. The zero-order valence-corrected chi connectivity index (χ0v) is 16.6.